The number of rotatable bonds is 36. The van der Waals surface area contributed by atoms with E-state index in [-0.39, 0.29) is 49.5 Å². The van der Waals surface area contributed by atoms with Gasteiger partial charge in [-0.1, -0.05) is 20.6 Å². The first kappa shape index (κ1) is 85.3. The van der Waals surface area contributed by atoms with Gasteiger partial charge in [-0.05, 0) is 226 Å². The number of aromatic amines is 2. The predicted molar refractivity (Wildman–Crippen MR) is 439 cm³/mol. The van der Waals surface area contributed by atoms with Gasteiger partial charge in [0.25, 0.3) is 29.5 Å². The minimum Gasteiger partial charge on any atom is -0.490 e. The largest absolute Gasteiger partial charge is 0.490 e. The topological polar surface area (TPSA) is 417 Å². The second-order valence-electron chi connectivity index (χ2n) is 25.7. The Kier molecular flexibility index (Phi) is 30.9. The summed E-state index contributed by atoms with van der Waals surface area (Å²) in [5.74, 6) is 6.74. The normalized spacial score (nSPS) is 11.0. The van der Waals surface area contributed by atoms with Crippen LogP contribution in [-0.4, -0.2) is 191 Å². The van der Waals surface area contributed by atoms with Crippen molar-refractivity contribution < 1.29 is 86.0 Å². The third-order valence-corrected chi connectivity index (χ3v) is 17.6. The predicted octanol–water partition coefficient (Wildman–Crippen LogP) is 14.7. The third kappa shape index (κ3) is 22.1. The molecule has 0 aliphatic rings. The lowest BCUT2D eigenvalue weighted by Crippen LogP contribution is -2.27. The van der Waals surface area contributed by atoms with Crippen molar-refractivity contribution in [1.82, 2.24) is 70.7 Å². The van der Waals surface area contributed by atoms with E-state index in [2.05, 4.69) is 82.8 Å². The number of carboxylic acid groups (broad SMARTS) is 1. The number of hydrogen-bond donors (Lipinski definition) is 7. The summed E-state index contributed by atoms with van der Waals surface area (Å²) in [5.41, 5.74) is 10.3. The van der Waals surface area contributed by atoms with Crippen LogP contribution < -0.4 is 43.2 Å². The van der Waals surface area contributed by atoms with Crippen molar-refractivity contribution in [2.24, 2.45) is 0 Å². The number of ether oxygens (including phenoxy) is 8. The third-order valence-electron chi connectivity index (χ3n) is 17.6. The summed E-state index contributed by atoms with van der Waals surface area (Å²) in [7, 11) is 1.98. The molecule has 0 atom stereocenters. The van der Waals surface area contributed by atoms with E-state index in [0.29, 0.717) is 163 Å². The molecule has 0 radical (unpaired) electrons. The number of hydrogen-bond acceptors (Lipinski definition) is 28. The van der Waals surface area contributed by atoms with Crippen LogP contribution in [0.5, 0.6) is 46.0 Å². The number of aliphatic hydroxyl groups is 3. The van der Waals surface area contributed by atoms with Crippen LogP contribution in [0, 0.1) is 0 Å². The van der Waals surface area contributed by atoms with E-state index in [0.717, 1.165) is 75.4 Å². The molecule has 0 saturated heterocycles. The Morgan fingerprint density at radius 3 is 1.11 bits per heavy atom. The Morgan fingerprint density at radius 1 is 0.398 bits per heavy atom. The van der Waals surface area contributed by atoms with Gasteiger partial charge in [0.2, 0.25) is 23.3 Å². The van der Waals surface area contributed by atoms with Gasteiger partial charge in [0.15, 0.2) is 46.0 Å². The molecule has 118 heavy (non-hydrogen) atoms. The van der Waals surface area contributed by atoms with Crippen molar-refractivity contribution in [2.75, 3.05) is 92.8 Å². The molecule has 0 aliphatic carbocycles. The van der Waals surface area contributed by atoms with Crippen molar-refractivity contribution in [3.8, 4) is 137 Å². The van der Waals surface area contributed by atoms with Gasteiger partial charge in [0, 0.05) is 117 Å². The van der Waals surface area contributed by atoms with E-state index < -0.39 is 11.9 Å². The fourth-order valence-electron chi connectivity index (χ4n) is 12.1. The quantitative estimate of drug-likeness (QED) is 0.0179. The molecular weight excluding hydrogens is 1520 g/mol. The van der Waals surface area contributed by atoms with E-state index in [1.54, 1.807) is 48.5 Å². The SMILES string of the molecule is CCOc1ccc(-c2nc(-c3ccc4[nH]cc(CCCCO)c4c3)no2)cc1OCC.CCOc1ccc(-c2nc(-c3ccc4[nH]cc(CN(C)CCO)c4c3)no2)cc1OCC.CCOc1ccc(-c2nc(-c3ccnc(C(=O)NCCO)c3)no2)cc1OCC.CCOc1ccc(-c2nc(-c3ccnc(C(=O)O)c3)no2)cc1OCC. The number of carboxylic acids is 1. The molecule has 0 fully saturated rings. The first-order valence-corrected chi connectivity index (χ1v) is 38.7. The van der Waals surface area contributed by atoms with Crippen molar-refractivity contribution in [1.29, 1.82) is 0 Å². The highest BCUT2D eigenvalue weighted by molar-refractivity contribution is 5.93. The highest BCUT2D eigenvalue weighted by Gasteiger charge is 2.22. The van der Waals surface area contributed by atoms with Crippen molar-refractivity contribution in [3.05, 3.63) is 181 Å². The summed E-state index contributed by atoms with van der Waals surface area (Å²) in [6.07, 6.45) is 9.56. The molecule has 6 aromatic carbocycles. The Bertz CT molecular complexity index is 5580. The molecule has 32 nitrogen and oxygen atoms in total. The highest BCUT2D eigenvalue weighted by atomic mass is 16.5. The van der Waals surface area contributed by atoms with Gasteiger partial charge in [-0.25, -0.2) is 9.78 Å². The number of aromatic nitrogens is 12. The number of aromatic carboxylic acids is 1. The van der Waals surface area contributed by atoms with Gasteiger partial charge in [-0.2, -0.15) is 19.9 Å². The molecule has 0 aliphatic heterocycles. The average molecular weight is 1610 g/mol. The summed E-state index contributed by atoms with van der Waals surface area (Å²) in [6, 6.07) is 40.3. The van der Waals surface area contributed by atoms with E-state index in [1.165, 1.54) is 24.0 Å². The number of aliphatic hydroxyl groups excluding tert-OH is 3. The number of likely N-dealkylation sites (N-methyl/N-ethyl adjacent to an activating group) is 1. The number of benzene rings is 6. The number of pyridine rings is 2. The molecule has 1 amide bonds. The number of nitrogens with zero attached hydrogens (tertiary/aromatic N) is 11. The minimum absolute atomic E-state index is 0.0893. The first-order chi connectivity index (χ1) is 57.6. The lowest BCUT2D eigenvalue weighted by molar-refractivity contribution is 0.0690. The monoisotopic (exact) mass is 1610 g/mol. The Balaban J connectivity index is 0.000000155. The van der Waals surface area contributed by atoms with E-state index in [1.807, 2.05) is 142 Å². The molecule has 14 rings (SSSR count). The van der Waals surface area contributed by atoms with Gasteiger partial charge < -0.3 is 91.7 Å². The number of fused-ring (bicyclic) bond motifs is 2. The van der Waals surface area contributed by atoms with Gasteiger partial charge in [-0.15, -0.1) is 0 Å². The number of unbranched alkanes of at least 4 members (excludes halogenated alkanes) is 1. The zero-order valence-corrected chi connectivity index (χ0v) is 67.0. The van der Waals surface area contributed by atoms with Crippen LogP contribution in [0.4, 0.5) is 0 Å². The van der Waals surface area contributed by atoms with Crippen LogP contribution in [0.15, 0.2) is 176 Å². The molecule has 8 heterocycles. The summed E-state index contributed by atoms with van der Waals surface area (Å²) in [6.45, 7) is 21.3. The van der Waals surface area contributed by atoms with Crippen LogP contribution in [0.3, 0.4) is 0 Å². The van der Waals surface area contributed by atoms with Crippen molar-refractivity contribution >= 4 is 33.7 Å². The number of carbonyl (C=O) groups excluding carboxylic acids is 1. The average Bonchev–Trinajstić information content (AvgIpc) is 1.66. The zero-order chi connectivity index (χ0) is 83.3. The fraction of sp³-hybridized carbons (Fsp3) is 0.302. The molecule has 0 unspecified atom stereocenters. The molecule has 7 N–H and O–H groups in total. The molecule has 0 bridgehead atoms. The molecule has 32 heteroatoms. The smallest absolute Gasteiger partial charge is 0.354 e. The maximum Gasteiger partial charge on any atom is 0.354 e. The number of carbonyl (C=O) groups is 2. The summed E-state index contributed by atoms with van der Waals surface area (Å²) < 4.78 is 66.8. The molecule has 8 aromatic heterocycles. The summed E-state index contributed by atoms with van der Waals surface area (Å²) >= 11 is 0. The summed E-state index contributed by atoms with van der Waals surface area (Å²) in [4.78, 5) is 57.5. The Labute approximate surface area is 679 Å². The lowest BCUT2D eigenvalue weighted by Gasteiger charge is -2.14. The Hall–Kier alpha value is -13.6. The number of nitrogens with one attached hydrogen (secondary N) is 3. The van der Waals surface area contributed by atoms with Crippen LogP contribution in [0.2, 0.25) is 0 Å². The second-order valence-corrected chi connectivity index (χ2v) is 25.7. The van der Waals surface area contributed by atoms with Crippen LogP contribution >= 0.6 is 0 Å². The molecule has 616 valence electrons. The molecule has 0 saturated carbocycles. The van der Waals surface area contributed by atoms with Gasteiger partial charge in [0.05, 0.1) is 66.1 Å². The molecule has 0 spiro atoms. The van der Waals surface area contributed by atoms with Crippen LogP contribution in [0.1, 0.15) is 100 Å². The number of aryl methyl sites for hydroxylation is 1. The molecular formula is C86H94N14O18. The summed E-state index contributed by atoms with van der Waals surface area (Å²) in [5, 5.41) is 57.2. The van der Waals surface area contributed by atoms with Crippen molar-refractivity contribution in [2.45, 2.75) is 81.2 Å². The van der Waals surface area contributed by atoms with Crippen molar-refractivity contribution in [3.63, 3.8) is 0 Å². The van der Waals surface area contributed by atoms with E-state index >= 15 is 0 Å². The van der Waals surface area contributed by atoms with E-state index in [9.17, 15) is 9.59 Å². The number of amides is 1. The maximum atomic E-state index is 12.0. The van der Waals surface area contributed by atoms with Gasteiger partial charge in [0.1, 0.15) is 11.4 Å². The lowest BCUT2D eigenvalue weighted by atomic mass is 10.0. The Morgan fingerprint density at radius 2 is 0.746 bits per heavy atom. The second kappa shape index (κ2) is 42.7. The van der Waals surface area contributed by atoms with Gasteiger partial charge in [-0.3, -0.25) is 14.7 Å². The molecule has 14 aromatic rings. The van der Waals surface area contributed by atoms with Gasteiger partial charge >= 0.3 is 5.97 Å². The zero-order valence-electron chi connectivity index (χ0n) is 67.0. The number of H-pyrrole nitrogens is 2. The van der Waals surface area contributed by atoms with Crippen LogP contribution in [0.25, 0.3) is 113 Å². The first-order valence-electron chi connectivity index (χ1n) is 38.7. The highest BCUT2D eigenvalue weighted by Crippen LogP contribution is 2.39. The standard InChI is InChI=1S/C24H28N4O4.C24H27N3O4.C20H22N4O5.C18H17N3O5/c1-4-30-21-9-7-17(13-22(21)31-5-2)24-26-23(27-32-24)16-6-8-20-19(12-16)18(14-25-20)15-28(3)10-11-29;1-3-29-21-11-9-17(14-22(21)30-4-2)24-26-23(27-31-24)16-8-10-20-19(13-16)18(15-25-20)7-5-6-12-28;1-3-27-16-6-5-14(12-17(16)28-4-2)20-23-18(24-29-20)13-7-8-21-15(11-13)19(26)22-9-10-25;1-3-24-14-6-5-12(10-15(14)25-4-2)17-20-16(21-26-17)11-7-8-19-13(9-11)18(22)23/h6-9,12-14,25,29H,4-5,10-11,15H2,1-3H3;8-11,13-15,25,28H,3-7,12H2,1-2H3;5-8,11-12,25H,3-4,9-10H2,1-2H3,(H,22,26);5-10H,3-4H2,1-2H3,(H,22,23). The fourth-order valence-corrected chi connectivity index (χ4v) is 12.1. The van der Waals surface area contributed by atoms with Crippen LogP contribution in [-0.2, 0) is 13.0 Å². The maximum absolute atomic E-state index is 12.0. The minimum atomic E-state index is -1.12. The van der Waals surface area contributed by atoms with E-state index in [4.69, 9.17) is 76.4 Å².